The quantitative estimate of drug-likeness (QED) is 0.475. The molecule has 0 unspecified atom stereocenters. The Hall–Kier alpha value is -0.570. The summed E-state index contributed by atoms with van der Waals surface area (Å²) >= 11 is 0. The third-order valence-electron chi connectivity index (χ3n) is 2.36. The maximum absolute atomic E-state index is 11.1. The SMILES string of the molecule is O=C1N[C@@H]2CC[C@H]1CNC2. The molecule has 3 fully saturated rings. The topological polar surface area (TPSA) is 41.1 Å². The number of hydrogen-bond donors (Lipinski definition) is 2. The highest BCUT2D eigenvalue weighted by Crippen LogP contribution is 2.17. The third kappa shape index (κ3) is 0.904. The molecule has 3 heterocycles. The van der Waals surface area contributed by atoms with Crippen LogP contribution in [0.15, 0.2) is 0 Å². The molecule has 0 aromatic heterocycles. The van der Waals surface area contributed by atoms with Crippen LogP contribution in [-0.4, -0.2) is 25.0 Å². The zero-order chi connectivity index (χ0) is 6.97. The van der Waals surface area contributed by atoms with Crippen LogP contribution >= 0.6 is 0 Å². The van der Waals surface area contributed by atoms with Crippen molar-refractivity contribution in [3.8, 4) is 0 Å². The minimum Gasteiger partial charge on any atom is -0.352 e. The lowest BCUT2D eigenvalue weighted by Crippen LogP contribution is -2.43. The molecule has 56 valence electrons. The molecule has 0 aromatic carbocycles. The van der Waals surface area contributed by atoms with Crippen molar-refractivity contribution in [3.05, 3.63) is 0 Å². The van der Waals surface area contributed by atoms with E-state index in [9.17, 15) is 4.79 Å². The van der Waals surface area contributed by atoms with E-state index in [1.807, 2.05) is 0 Å². The van der Waals surface area contributed by atoms with Gasteiger partial charge >= 0.3 is 0 Å². The van der Waals surface area contributed by atoms with E-state index >= 15 is 0 Å². The Labute approximate surface area is 60.2 Å². The summed E-state index contributed by atoms with van der Waals surface area (Å²) < 4.78 is 0. The van der Waals surface area contributed by atoms with E-state index < -0.39 is 0 Å². The fourth-order valence-corrected chi connectivity index (χ4v) is 1.70. The van der Waals surface area contributed by atoms with E-state index in [0.717, 1.165) is 25.9 Å². The lowest BCUT2D eigenvalue weighted by atomic mass is 9.96. The normalized spacial score (nSPS) is 39.0. The monoisotopic (exact) mass is 140 g/mol. The van der Waals surface area contributed by atoms with Crippen molar-refractivity contribution in [2.24, 2.45) is 5.92 Å². The lowest BCUT2D eigenvalue weighted by molar-refractivity contribution is -0.126. The molecule has 3 heteroatoms. The number of carbonyl (C=O) groups is 1. The minimum absolute atomic E-state index is 0.249. The van der Waals surface area contributed by atoms with Crippen LogP contribution in [0.2, 0.25) is 0 Å². The summed E-state index contributed by atoms with van der Waals surface area (Å²) in [6.07, 6.45) is 2.23. The first-order chi connectivity index (χ1) is 4.86. The minimum atomic E-state index is 0.249. The van der Waals surface area contributed by atoms with Crippen LogP contribution < -0.4 is 10.6 Å². The van der Waals surface area contributed by atoms with Gasteiger partial charge in [0, 0.05) is 19.1 Å². The molecular formula is C7H12N2O. The Balaban J connectivity index is 2.15. The van der Waals surface area contributed by atoms with E-state index in [2.05, 4.69) is 10.6 Å². The third-order valence-corrected chi connectivity index (χ3v) is 2.36. The summed E-state index contributed by atoms with van der Waals surface area (Å²) in [6.45, 7) is 1.84. The van der Waals surface area contributed by atoms with Gasteiger partial charge in [-0.05, 0) is 12.8 Å². The molecule has 2 bridgehead atoms. The number of rotatable bonds is 0. The first-order valence-electron chi connectivity index (χ1n) is 3.87. The number of carbonyl (C=O) groups excluding carboxylic acids is 1. The molecule has 0 saturated carbocycles. The molecule has 0 spiro atoms. The van der Waals surface area contributed by atoms with Gasteiger partial charge in [0.1, 0.15) is 0 Å². The van der Waals surface area contributed by atoms with E-state index in [1.165, 1.54) is 0 Å². The second-order valence-electron chi connectivity index (χ2n) is 3.14. The molecule has 3 rings (SSSR count). The van der Waals surface area contributed by atoms with Crippen molar-refractivity contribution >= 4 is 5.91 Å². The second-order valence-corrected chi connectivity index (χ2v) is 3.14. The van der Waals surface area contributed by atoms with Gasteiger partial charge in [-0.25, -0.2) is 0 Å². The number of hydrogen-bond acceptors (Lipinski definition) is 2. The van der Waals surface area contributed by atoms with Crippen LogP contribution in [0.25, 0.3) is 0 Å². The summed E-state index contributed by atoms with van der Waals surface area (Å²) in [5.41, 5.74) is 0. The van der Waals surface area contributed by atoms with Gasteiger partial charge < -0.3 is 10.6 Å². The van der Waals surface area contributed by atoms with Crippen LogP contribution in [0.3, 0.4) is 0 Å². The van der Waals surface area contributed by atoms with Gasteiger partial charge in [0.05, 0.1) is 5.92 Å². The van der Waals surface area contributed by atoms with Gasteiger partial charge in [0.15, 0.2) is 0 Å². The number of nitrogens with one attached hydrogen (secondary N) is 2. The van der Waals surface area contributed by atoms with Crippen molar-refractivity contribution < 1.29 is 4.79 Å². The van der Waals surface area contributed by atoms with Crippen molar-refractivity contribution in [1.29, 1.82) is 0 Å². The van der Waals surface area contributed by atoms with Crippen LogP contribution in [0, 0.1) is 5.92 Å². The maximum Gasteiger partial charge on any atom is 0.224 e. The van der Waals surface area contributed by atoms with Gasteiger partial charge in [-0.3, -0.25) is 4.79 Å². The van der Waals surface area contributed by atoms with Crippen LogP contribution in [0.1, 0.15) is 12.8 Å². The molecule has 0 radical (unpaired) electrons. The Morgan fingerprint density at radius 2 is 2.20 bits per heavy atom. The molecule has 10 heavy (non-hydrogen) atoms. The zero-order valence-corrected chi connectivity index (χ0v) is 5.89. The molecule has 1 amide bonds. The highest BCUT2D eigenvalue weighted by atomic mass is 16.2. The predicted octanol–water partition coefficient (Wildman–Crippen LogP) is -0.516. The number of fused-ring (bicyclic) bond motifs is 4. The Morgan fingerprint density at radius 3 is 3.00 bits per heavy atom. The van der Waals surface area contributed by atoms with Crippen molar-refractivity contribution in [2.45, 2.75) is 18.9 Å². The Kier molecular flexibility index (Phi) is 1.38. The Bertz CT molecular complexity index is 154. The first-order valence-corrected chi connectivity index (χ1v) is 3.87. The predicted molar refractivity (Wildman–Crippen MR) is 37.5 cm³/mol. The highest BCUT2D eigenvalue weighted by Gasteiger charge is 2.30. The molecule has 0 aliphatic carbocycles. The van der Waals surface area contributed by atoms with E-state index in [1.54, 1.807) is 0 Å². The second kappa shape index (κ2) is 2.23. The van der Waals surface area contributed by atoms with Crippen molar-refractivity contribution in [1.82, 2.24) is 10.6 Å². The van der Waals surface area contributed by atoms with Crippen LogP contribution in [-0.2, 0) is 4.79 Å². The summed E-state index contributed by atoms with van der Waals surface area (Å²) in [5, 5.41) is 6.23. The average Bonchev–Trinajstić information content (AvgIpc) is 2.20. The van der Waals surface area contributed by atoms with Gasteiger partial charge in [-0.2, -0.15) is 0 Å². The smallest absolute Gasteiger partial charge is 0.224 e. The molecule has 3 aliphatic heterocycles. The molecule has 2 atom stereocenters. The average molecular weight is 140 g/mol. The molecule has 3 nitrogen and oxygen atoms in total. The fraction of sp³-hybridized carbons (Fsp3) is 0.857. The van der Waals surface area contributed by atoms with Crippen molar-refractivity contribution in [2.75, 3.05) is 13.1 Å². The van der Waals surface area contributed by atoms with Crippen LogP contribution in [0.5, 0.6) is 0 Å². The standard InChI is InChI=1S/C7H12N2O/c10-7-5-1-2-6(9-7)4-8-3-5/h5-6,8H,1-4H2,(H,9,10)/t5-,6+/m0/s1. The zero-order valence-electron chi connectivity index (χ0n) is 5.89. The first kappa shape index (κ1) is 6.16. The summed E-state index contributed by atoms with van der Waals surface area (Å²) in [4.78, 5) is 11.1. The summed E-state index contributed by atoms with van der Waals surface area (Å²) in [7, 11) is 0. The largest absolute Gasteiger partial charge is 0.352 e. The highest BCUT2D eigenvalue weighted by molar-refractivity contribution is 5.80. The molecule has 3 saturated heterocycles. The molecule has 3 aliphatic rings. The fourth-order valence-electron chi connectivity index (χ4n) is 1.70. The van der Waals surface area contributed by atoms with E-state index in [4.69, 9.17) is 0 Å². The van der Waals surface area contributed by atoms with Gasteiger partial charge in [0.2, 0.25) is 5.91 Å². The van der Waals surface area contributed by atoms with E-state index in [-0.39, 0.29) is 11.8 Å². The number of amides is 1. The maximum atomic E-state index is 11.1. The van der Waals surface area contributed by atoms with Crippen molar-refractivity contribution in [3.63, 3.8) is 0 Å². The molecular weight excluding hydrogens is 128 g/mol. The Morgan fingerprint density at radius 1 is 1.30 bits per heavy atom. The van der Waals surface area contributed by atoms with Gasteiger partial charge in [-0.15, -0.1) is 0 Å². The summed E-state index contributed by atoms with van der Waals surface area (Å²) in [6, 6.07) is 0.409. The van der Waals surface area contributed by atoms with Gasteiger partial charge in [0.25, 0.3) is 0 Å². The molecule has 0 aromatic rings. The molecule has 2 N–H and O–H groups in total. The van der Waals surface area contributed by atoms with E-state index in [0.29, 0.717) is 6.04 Å². The number of piperidine rings is 1. The van der Waals surface area contributed by atoms with Crippen LogP contribution in [0.4, 0.5) is 0 Å². The summed E-state index contributed by atoms with van der Waals surface area (Å²) in [5.74, 6) is 0.500. The van der Waals surface area contributed by atoms with Gasteiger partial charge in [-0.1, -0.05) is 0 Å². The lowest BCUT2D eigenvalue weighted by Gasteiger charge is -2.22.